The molecule has 10 heteroatoms. The summed E-state index contributed by atoms with van der Waals surface area (Å²) in [6.45, 7) is -0.702. The third-order valence-corrected chi connectivity index (χ3v) is 2.57. The van der Waals surface area contributed by atoms with E-state index in [2.05, 4.69) is 9.26 Å². The van der Waals surface area contributed by atoms with Crippen LogP contribution in [0.5, 0.6) is 0 Å². The van der Waals surface area contributed by atoms with E-state index >= 15 is 0 Å². The third-order valence-electron chi connectivity index (χ3n) is 2.09. The van der Waals surface area contributed by atoms with E-state index in [0.29, 0.717) is 0 Å². The van der Waals surface area contributed by atoms with E-state index in [1.165, 1.54) is 0 Å². The molecule has 1 saturated heterocycles. The molecule has 1 aliphatic rings. The number of phosphoric ester groups is 1. The van der Waals surface area contributed by atoms with Crippen molar-refractivity contribution in [2.75, 3.05) is 6.61 Å². The lowest BCUT2D eigenvalue weighted by molar-refractivity contribution is -0.280. The van der Waals surface area contributed by atoms with Crippen LogP contribution >= 0.6 is 7.82 Å². The second-order valence-corrected chi connectivity index (χ2v) is 4.49. The van der Waals surface area contributed by atoms with Gasteiger partial charge in [-0.1, -0.05) is 0 Å². The lowest BCUT2D eigenvalue weighted by Crippen LogP contribution is -2.58. The van der Waals surface area contributed by atoms with Crippen molar-refractivity contribution in [1.29, 1.82) is 0 Å². The number of aliphatic hydroxyl groups is 4. The monoisotopic (exact) mass is 260 g/mol. The summed E-state index contributed by atoms with van der Waals surface area (Å²) in [5, 5.41) is 36.6. The molecule has 0 bridgehead atoms. The van der Waals surface area contributed by atoms with Crippen LogP contribution in [0.3, 0.4) is 0 Å². The Hall–Kier alpha value is -0.0900. The molecule has 1 unspecified atom stereocenters. The van der Waals surface area contributed by atoms with Gasteiger partial charge in [0.25, 0.3) is 0 Å². The minimum atomic E-state index is -4.91. The largest absolute Gasteiger partial charge is 0.472 e. The summed E-state index contributed by atoms with van der Waals surface area (Å²) >= 11 is 0. The van der Waals surface area contributed by atoms with E-state index in [-0.39, 0.29) is 0 Å². The van der Waals surface area contributed by atoms with Gasteiger partial charge in [-0.05, 0) is 0 Å². The fourth-order valence-corrected chi connectivity index (χ4v) is 1.73. The fourth-order valence-electron chi connectivity index (χ4n) is 1.29. The van der Waals surface area contributed by atoms with Crippen LogP contribution in [0.15, 0.2) is 0 Å². The smallest absolute Gasteiger partial charge is 0.394 e. The van der Waals surface area contributed by atoms with Gasteiger partial charge in [0.05, 0.1) is 6.61 Å². The van der Waals surface area contributed by atoms with Gasteiger partial charge in [0, 0.05) is 0 Å². The Morgan fingerprint density at radius 2 is 1.69 bits per heavy atom. The number of rotatable bonds is 3. The molecule has 1 heterocycles. The highest BCUT2D eigenvalue weighted by atomic mass is 31.2. The van der Waals surface area contributed by atoms with Crippen molar-refractivity contribution >= 4 is 7.82 Å². The molecular weight excluding hydrogens is 247 g/mol. The summed E-state index contributed by atoms with van der Waals surface area (Å²) in [6, 6.07) is 0. The summed E-state index contributed by atoms with van der Waals surface area (Å²) in [5.41, 5.74) is 0. The molecule has 0 aromatic heterocycles. The summed E-state index contributed by atoms with van der Waals surface area (Å²) in [5.74, 6) is 0. The van der Waals surface area contributed by atoms with Crippen molar-refractivity contribution in [2.24, 2.45) is 0 Å². The SMILES string of the molecule is O=P(O)(O)OC1O[C@H](CO)[C@@H](O)[C@H](O)[C@@H]1O. The molecule has 16 heavy (non-hydrogen) atoms. The minimum absolute atomic E-state index is 0.702. The van der Waals surface area contributed by atoms with E-state index in [1.54, 1.807) is 0 Å². The number of hydrogen-bond donors (Lipinski definition) is 6. The fraction of sp³-hybridized carbons (Fsp3) is 1.00. The number of phosphoric acid groups is 1. The molecule has 6 N–H and O–H groups in total. The van der Waals surface area contributed by atoms with Gasteiger partial charge < -0.3 is 34.9 Å². The average molecular weight is 260 g/mol. The van der Waals surface area contributed by atoms with Crippen LogP contribution in [0.1, 0.15) is 0 Å². The van der Waals surface area contributed by atoms with Crippen molar-refractivity contribution in [3.05, 3.63) is 0 Å². The first-order valence-electron chi connectivity index (χ1n) is 4.30. The van der Waals surface area contributed by atoms with E-state index in [0.717, 1.165) is 0 Å². The molecule has 0 saturated carbocycles. The van der Waals surface area contributed by atoms with Crippen molar-refractivity contribution in [3.8, 4) is 0 Å². The van der Waals surface area contributed by atoms with Crippen molar-refractivity contribution in [1.82, 2.24) is 0 Å². The first kappa shape index (κ1) is 14.0. The van der Waals surface area contributed by atoms with Gasteiger partial charge in [0.15, 0.2) is 6.29 Å². The zero-order chi connectivity index (χ0) is 12.5. The Labute approximate surface area is 90.1 Å². The van der Waals surface area contributed by atoms with Crippen molar-refractivity contribution < 1.29 is 44.0 Å². The topological polar surface area (TPSA) is 157 Å². The molecule has 5 atom stereocenters. The summed E-state index contributed by atoms with van der Waals surface area (Å²) in [4.78, 5) is 17.0. The Bertz CT molecular complexity index is 275. The first-order chi connectivity index (χ1) is 7.26. The molecule has 1 rings (SSSR count). The zero-order valence-corrected chi connectivity index (χ0v) is 8.84. The molecule has 0 radical (unpaired) electrons. The maximum atomic E-state index is 10.5. The summed E-state index contributed by atoms with van der Waals surface area (Å²) in [7, 11) is -4.91. The van der Waals surface area contributed by atoms with E-state index in [1.807, 2.05) is 0 Å². The molecule has 0 aliphatic carbocycles. The second kappa shape index (κ2) is 5.05. The van der Waals surface area contributed by atoms with Crippen LogP contribution in [0, 0.1) is 0 Å². The molecular formula is C6H13O9P. The van der Waals surface area contributed by atoms with Crippen LogP contribution in [-0.2, 0) is 13.8 Å². The summed E-state index contributed by atoms with van der Waals surface area (Å²) < 4.78 is 19.2. The molecule has 1 aliphatic heterocycles. The average Bonchev–Trinajstić information content (AvgIpc) is 2.17. The van der Waals surface area contributed by atoms with Crippen LogP contribution in [0.4, 0.5) is 0 Å². The third kappa shape index (κ3) is 3.20. The predicted octanol–water partition coefficient (Wildman–Crippen LogP) is -3.10. The molecule has 0 spiro atoms. The molecule has 0 aromatic carbocycles. The Balaban J connectivity index is 2.75. The van der Waals surface area contributed by atoms with Crippen molar-refractivity contribution in [3.63, 3.8) is 0 Å². The molecule has 0 amide bonds. The van der Waals surface area contributed by atoms with E-state index in [9.17, 15) is 19.9 Å². The molecule has 96 valence electrons. The van der Waals surface area contributed by atoms with Crippen molar-refractivity contribution in [2.45, 2.75) is 30.7 Å². The van der Waals surface area contributed by atoms with Gasteiger partial charge in [-0.15, -0.1) is 0 Å². The number of hydrogen-bond acceptors (Lipinski definition) is 7. The standard InChI is InChI=1S/C6H13O9P/c7-1-2-3(8)4(9)5(10)6(14-2)15-16(11,12)13/h2-10H,1H2,(H2,11,12,13)/t2-,3-,4+,5+,6?/m1/s1. The van der Waals surface area contributed by atoms with Crippen LogP contribution in [0.25, 0.3) is 0 Å². The van der Waals surface area contributed by atoms with E-state index in [4.69, 9.17) is 14.9 Å². The Morgan fingerprint density at radius 3 is 2.12 bits per heavy atom. The summed E-state index contributed by atoms with van der Waals surface area (Å²) in [6.07, 6.45) is -8.25. The maximum Gasteiger partial charge on any atom is 0.472 e. The maximum absolute atomic E-state index is 10.5. The molecule has 9 nitrogen and oxygen atoms in total. The van der Waals surface area contributed by atoms with Gasteiger partial charge >= 0.3 is 7.82 Å². The Morgan fingerprint density at radius 1 is 1.12 bits per heavy atom. The van der Waals surface area contributed by atoms with Gasteiger partial charge in [-0.2, -0.15) is 0 Å². The predicted molar refractivity (Wildman–Crippen MR) is 46.9 cm³/mol. The highest BCUT2D eigenvalue weighted by molar-refractivity contribution is 7.46. The number of ether oxygens (including phenoxy) is 1. The highest BCUT2D eigenvalue weighted by Gasteiger charge is 2.46. The number of aliphatic hydroxyl groups excluding tert-OH is 4. The first-order valence-corrected chi connectivity index (χ1v) is 5.83. The lowest BCUT2D eigenvalue weighted by atomic mass is 10.00. The zero-order valence-electron chi connectivity index (χ0n) is 7.95. The second-order valence-electron chi connectivity index (χ2n) is 3.29. The Kier molecular flexibility index (Phi) is 4.41. The minimum Gasteiger partial charge on any atom is -0.394 e. The van der Waals surface area contributed by atoms with Gasteiger partial charge in [-0.25, -0.2) is 4.57 Å². The molecule has 0 aromatic rings. The van der Waals surface area contributed by atoms with Crippen LogP contribution in [0.2, 0.25) is 0 Å². The highest BCUT2D eigenvalue weighted by Crippen LogP contribution is 2.40. The normalized spacial score (nSPS) is 41.0. The molecule has 1 fully saturated rings. The quantitative estimate of drug-likeness (QED) is 0.289. The van der Waals surface area contributed by atoms with Gasteiger partial charge in [0.1, 0.15) is 24.4 Å². The van der Waals surface area contributed by atoms with Gasteiger partial charge in [-0.3, -0.25) is 4.52 Å². The lowest BCUT2D eigenvalue weighted by Gasteiger charge is -2.39. The van der Waals surface area contributed by atoms with E-state index < -0.39 is 45.1 Å². The van der Waals surface area contributed by atoms with Gasteiger partial charge in [0.2, 0.25) is 0 Å². The van der Waals surface area contributed by atoms with Crippen LogP contribution in [-0.4, -0.2) is 67.5 Å². The van der Waals surface area contributed by atoms with Crippen LogP contribution < -0.4 is 0 Å².